The monoisotopic (exact) mass is 1090 g/mol. The van der Waals surface area contributed by atoms with Crippen LogP contribution in [0.2, 0.25) is 0 Å². The first-order valence-electron chi connectivity index (χ1n) is 28.8. The minimum absolute atomic E-state index is 0.266. The van der Waals surface area contributed by atoms with Gasteiger partial charge in [-0.2, -0.15) is 9.97 Å². The SMILES string of the molecule is C1=CC23C=Cc4c(n(-c5nc(-c6cnc(-c7ccccc7)nc6)nc(-c6cnc(-c7ccccc7)nc6)n5)c5c(-c6ccc7ccccc7c6)c6c7ccc8ccccc8c7n(-c7ccccc7)c6c(-c6ccc7ccccc7c6)c45)C2(C=C1)C3. The smallest absolute Gasteiger partial charge is 0.238 e. The van der Waals surface area contributed by atoms with Gasteiger partial charge in [0.2, 0.25) is 5.95 Å². The summed E-state index contributed by atoms with van der Waals surface area (Å²) in [5, 5.41) is 10.3. The van der Waals surface area contributed by atoms with Crippen molar-refractivity contribution in [1.29, 1.82) is 0 Å². The van der Waals surface area contributed by atoms with Crippen molar-refractivity contribution in [2.75, 3.05) is 0 Å². The molecule has 396 valence electrons. The maximum Gasteiger partial charge on any atom is 0.238 e. The van der Waals surface area contributed by atoms with E-state index in [-0.39, 0.29) is 5.41 Å². The Bertz CT molecular complexity index is 5270. The van der Waals surface area contributed by atoms with Crippen LogP contribution in [0.1, 0.15) is 17.7 Å². The molecule has 0 spiro atoms. The molecule has 0 N–H and O–H groups in total. The predicted molar refractivity (Wildman–Crippen MR) is 343 cm³/mol. The summed E-state index contributed by atoms with van der Waals surface area (Å²) in [5.41, 5.74) is 13.3. The molecule has 9 heteroatoms. The zero-order chi connectivity index (χ0) is 55.8. The minimum Gasteiger partial charge on any atom is -0.308 e. The second-order valence-corrected chi connectivity index (χ2v) is 22.6. The fraction of sp³-hybridized carbons (Fsp3) is 0.0395. The second-order valence-electron chi connectivity index (χ2n) is 22.6. The van der Waals surface area contributed by atoms with E-state index in [1.165, 1.54) is 5.39 Å². The molecule has 1 fully saturated rings. The Morgan fingerprint density at radius 2 is 0.859 bits per heavy atom. The van der Waals surface area contributed by atoms with Crippen LogP contribution in [0.15, 0.2) is 267 Å². The number of fused-ring (bicyclic) bond motifs is 10. The lowest BCUT2D eigenvalue weighted by atomic mass is 9.79. The number of benzene rings is 10. The van der Waals surface area contributed by atoms with Crippen LogP contribution in [0.3, 0.4) is 0 Å². The van der Waals surface area contributed by atoms with E-state index in [9.17, 15) is 0 Å². The quantitative estimate of drug-likeness (QED) is 0.149. The molecule has 10 aromatic carbocycles. The highest BCUT2D eigenvalue weighted by Crippen LogP contribution is 2.73. The maximum absolute atomic E-state index is 5.70. The van der Waals surface area contributed by atoms with E-state index in [2.05, 4.69) is 197 Å². The average molecular weight is 1090 g/mol. The van der Waals surface area contributed by atoms with Crippen LogP contribution in [-0.2, 0) is 5.41 Å². The Morgan fingerprint density at radius 3 is 1.47 bits per heavy atom. The van der Waals surface area contributed by atoms with Crippen LogP contribution in [0.5, 0.6) is 0 Å². The van der Waals surface area contributed by atoms with Crippen LogP contribution in [0.25, 0.3) is 151 Å². The molecule has 0 radical (unpaired) electrons. The van der Waals surface area contributed by atoms with Crippen molar-refractivity contribution in [3.63, 3.8) is 0 Å². The number of nitrogens with zero attached hydrogens (tertiary/aromatic N) is 9. The van der Waals surface area contributed by atoms with E-state index >= 15 is 0 Å². The summed E-state index contributed by atoms with van der Waals surface area (Å²) in [6.45, 7) is 0. The van der Waals surface area contributed by atoms with Crippen LogP contribution >= 0.6 is 0 Å². The van der Waals surface area contributed by atoms with E-state index in [0.717, 1.165) is 116 Å². The van der Waals surface area contributed by atoms with Crippen LogP contribution in [-0.4, -0.2) is 44.0 Å². The van der Waals surface area contributed by atoms with E-state index < -0.39 is 5.41 Å². The van der Waals surface area contributed by atoms with Crippen molar-refractivity contribution < 1.29 is 0 Å². The lowest BCUT2D eigenvalue weighted by molar-refractivity contribution is 0.653. The largest absolute Gasteiger partial charge is 0.308 e. The molecular weight excluding hydrogens is 1040 g/mol. The normalized spacial score (nSPS) is 16.6. The van der Waals surface area contributed by atoms with E-state index in [1.807, 2.05) is 85.5 Å². The Hall–Kier alpha value is -11.3. The lowest BCUT2D eigenvalue weighted by Crippen LogP contribution is -2.23. The second kappa shape index (κ2) is 18.1. The van der Waals surface area contributed by atoms with Gasteiger partial charge < -0.3 is 4.57 Å². The van der Waals surface area contributed by atoms with Crippen molar-refractivity contribution >= 4 is 71.1 Å². The molecule has 2 unspecified atom stereocenters. The Labute approximate surface area is 488 Å². The standard InChI is InChI=1S/C76H47N9/c1-4-21-50(22-5-1)70-77-42-56(43-78-70)72-81-73(57-44-79-71(80-45-57)51-23-6-2-7-24-51)83-74(82-72)85-68-62(54-32-30-47-18-10-12-25-52(47)40-54)64-60-35-34-49-20-14-15-29-59(49)66(60)84(58-27-8-3-9-28-58)67(64)63(55-33-31-48-19-11-13-26-53(48)41-55)65(68)61-36-39-75-37-16-17-38-76(75,46-75)69(61)85/h1-45H,46H2. The minimum atomic E-state index is -0.447. The fourth-order valence-electron chi connectivity index (χ4n) is 14.0. The Balaban J connectivity index is 1.05. The number of hydrogen-bond donors (Lipinski definition) is 0. The van der Waals surface area contributed by atoms with Crippen molar-refractivity contribution in [3.05, 3.63) is 279 Å². The summed E-state index contributed by atoms with van der Waals surface area (Å²) in [5.74, 6) is 2.51. The maximum atomic E-state index is 5.70. The first kappa shape index (κ1) is 47.4. The predicted octanol–water partition coefficient (Wildman–Crippen LogP) is 17.7. The molecule has 0 bridgehead atoms. The molecule has 5 heterocycles. The molecule has 3 aliphatic carbocycles. The van der Waals surface area contributed by atoms with Gasteiger partial charge in [0.15, 0.2) is 23.3 Å². The van der Waals surface area contributed by atoms with Gasteiger partial charge in [-0.3, -0.25) is 4.57 Å². The highest BCUT2D eigenvalue weighted by molar-refractivity contribution is 6.32. The van der Waals surface area contributed by atoms with E-state index in [4.69, 9.17) is 34.9 Å². The molecule has 85 heavy (non-hydrogen) atoms. The van der Waals surface area contributed by atoms with E-state index in [0.29, 0.717) is 40.4 Å². The number of para-hydroxylation sites is 1. The highest BCUT2D eigenvalue weighted by Gasteiger charge is 2.68. The average Bonchev–Trinajstić information content (AvgIpc) is 1.49. The van der Waals surface area contributed by atoms with Gasteiger partial charge in [0, 0.05) is 96.4 Å². The number of aromatic nitrogens is 9. The first-order valence-corrected chi connectivity index (χ1v) is 28.8. The van der Waals surface area contributed by atoms with Crippen LogP contribution in [0, 0.1) is 5.41 Å². The summed E-state index contributed by atoms with van der Waals surface area (Å²) in [7, 11) is 0. The zero-order valence-corrected chi connectivity index (χ0v) is 45.7. The molecule has 0 saturated heterocycles. The molecule has 0 amide bonds. The topological polar surface area (TPSA) is 100 Å². The molecule has 3 aliphatic rings. The van der Waals surface area contributed by atoms with Crippen molar-refractivity contribution in [1.82, 2.24) is 44.0 Å². The summed E-state index contributed by atoms with van der Waals surface area (Å²) in [6, 6.07) is 75.8. The number of hydrogen-bond acceptors (Lipinski definition) is 7. The van der Waals surface area contributed by atoms with Gasteiger partial charge in [0.05, 0.1) is 27.7 Å². The van der Waals surface area contributed by atoms with Gasteiger partial charge in [-0.05, 0) is 68.7 Å². The van der Waals surface area contributed by atoms with Gasteiger partial charge >= 0.3 is 0 Å². The van der Waals surface area contributed by atoms with Gasteiger partial charge in [-0.25, -0.2) is 24.9 Å². The van der Waals surface area contributed by atoms with Crippen molar-refractivity contribution in [3.8, 4) is 79.4 Å². The first-order chi connectivity index (χ1) is 42.1. The molecule has 9 nitrogen and oxygen atoms in total. The Kier molecular flexibility index (Phi) is 10.1. The summed E-state index contributed by atoms with van der Waals surface area (Å²) < 4.78 is 4.98. The van der Waals surface area contributed by atoms with E-state index in [1.54, 1.807) is 0 Å². The molecule has 2 atom stereocenters. The van der Waals surface area contributed by atoms with Gasteiger partial charge in [-0.15, -0.1) is 0 Å². The molecular formula is C76H47N9. The highest BCUT2D eigenvalue weighted by atomic mass is 15.2. The molecule has 1 saturated carbocycles. The zero-order valence-electron chi connectivity index (χ0n) is 45.7. The van der Waals surface area contributed by atoms with Gasteiger partial charge in [0.25, 0.3) is 0 Å². The summed E-state index contributed by atoms with van der Waals surface area (Å²) in [6.07, 6.45) is 22.3. The third kappa shape index (κ3) is 7.07. The molecule has 5 aromatic heterocycles. The number of rotatable bonds is 8. The van der Waals surface area contributed by atoms with Crippen molar-refractivity contribution in [2.45, 2.75) is 11.8 Å². The van der Waals surface area contributed by atoms with Gasteiger partial charge in [-0.1, -0.05) is 225 Å². The molecule has 18 rings (SSSR count). The molecule has 15 aromatic rings. The van der Waals surface area contributed by atoms with Crippen LogP contribution < -0.4 is 0 Å². The lowest BCUT2D eigenvalue weighted by Gasteiger charge is -2.27. The Morgan fingerprint density at radius 1 is 0.353 bits per heavy atom. The number of allylic oxidation sites excluding steroid dienone is 5. The summed E-state index contributed by atoms with van der Waals surface area (Å²) >= 11 is 0. The summed E-state index contributed by atoms with van der Waals surface area (Å²) in [4.78, 5) is 36.5. The van der Waals surface area contributed by atoms with Gasteiger partial charge in [0.1, 0.15) is 0 Å². The van der Waals surface area contributed by atoms with Crippen molar-refractivity contribution in [2.24, 2.45) is 5.41 Å². The fourth-order valence-corrected chi connectivity index (χ4v) is 14.0. The third-order valence-electron chi connectivity index (χ3n) is 18.0. The van der Waals surface area contributed by atoms with Crippen LogP contribution in [0.4, 0.5) is 0 Å². The third-order valence-corrected chi connectivity index (χ3v) is 18.0. The molecule has 0 aliphatic heterocycles.